The van der Waals surface area contributed by atoms with Crippen LogP contribution < -0.4 is 0 Å². The highest BCUT2D eigenvalue weighted by atomic mass is 15.1. The van der Waals surface area contributed by atoms with E-state index < -0.39 is 0 Å². The molecule has 0 bridgehead atoms. The number of allylic oxidation sites excluding steroid dienone is 5. The quantitative estimate of drug-likeness (QED) is 0.328. The van der Waals surface area contributed by atoms with E-state index in [1.165, 1.54) is 27.4 Å². The van der Waals surface area contributed by atoms with Crippen LogP contribution in [-0.2, 0) is 5.54 Å². The predicted octanol–water partition coefficient (Wildman–Crippen LogP) is 7.37. The van der Waals surface area contributed by atoms with Crippen LogP contribution in [0.5, 0.6) is 0 Å². The summed E-state index contributed by atoms with van der Waals surface area (Å²) in [6.07, 6.45) is 13.6. The van der Waals surface area contributed by atoms with Gasteiger partial charge in [-0.15, -0.1) is 0 Å². The van der Waals surface area contributed by atoms with E-state index in [1.807, 2.05) is 0 Å². The highest BCUT2D eigenvalue weighted by Crippen LogP contribution is 2.46. The first-order valence-electron chi connectivity index (χ1n) is 11.8. The summed E-state index contributed by atoms with van der Waals surface area (Å²) in [6, 6.07) is 28.2. The lowest BCUT2D eigenvalue weighted by Crippen LogP contribution is -2.35. The maximum atomic E-state index is 9.26. The van der Waals surface area contributed by atoms with Gasteiger partial charge in [0.25, 0.3) is 0 Å². The molecule has 3 unspecified atom stereocenters. The largest absolute Gasteiger partial charge is 0.330 e. The molecule has 0 N–H and O–H groups in total. The van der Waals surface area contributed by atoms with Gasteiger partial charge in [0.2, 0.25) is 0 Å². The number of hydrogen-bond donors (Lipinski definition) is 0. The second-order valence-electron chi connectivity index (χ2n) is 9.24. The molecule has 0 radical (unpaired) electrons. The van der Waals surface area contributed by atoms with Gasteiger partial charge in [-0.1, -0.05) is 91.0 Å². The van der Waals surface area contributed by atoms with Gasteiger partial charge in [0.1, 0.15) is 0 Å². The van der Waals surface area contributed by atoms with Gasteiger partial charge in [-0.25, -0.2) is 0 Å². The Labute approximate surface area is 199 Å². The van der Waals surface area contributed by atoms with Crippen LogP contribution in [0, 0.1) is 17.2 Å². The highest BCUT2D eigenvalue weighted by molar-refractivity contribution is 6.08. The summed E-state index contributed by atoms with van der Waals surface area (Å²) in [6.45, 7) is 2.33. The van der Waals surface area contributed by atoms with Crippen LogP contribution in [0.2, 0.25) is 0 Å². The maximum absolute atomic E-state index is 9.26. The average molecular weight is 440 g/mol. The second kappa shape index (κ2) is 8.01. The van der Waals surface area contributed by atoms with E-state index >= 15 is 0 Å². The van der Waals surface area contributed by atoms with E-state index in [2.05, 4.69) is 126 Å². The van der Waals surface area contributed by atoms with E-state index in [1.54, 1.807) is 6.21 Å². The van der Waals surface area contributed by atoms with Crippen molar-refractivity contribution in [3.8, 4) is 6.07 Å². The molecule has 0 saturated carbocycles. The summed E-state index contributed by atoms with van der Waals surface area (Å²) in [5.41, 5.74) is 5.48. The molecule has 1 aliphatic carbocycles. The molecule has 164 valence electrons. The molecule has 2 heterocycles. The first-order chi connectivity index (χ1) is 16.7. The van der Waals surface area contributed by atoms with Crippen molar-refractivity contribution < 1.29 is 0 Å². The monoisotopic (exact) mass is 439 g/mol. The molecule has 3 aromatic carbocycles. The number of aromatic nitrogens is 1. The molecule has 3 atom stereocenters. The Kier molecular flexibility index (Phi) is 4.81. The van der Waals surface area contributed by atoms with E-state index in [9.17, 15) is 5.26 Å². The number of para-hydroxylation sites is 2. The van der Waals surface area contributed by atoms with Crippen molar-refractivity contribution >= 4 is 33.7 Å². The number of nitrogens with zero attached hydrogens (tertiary/aromatic N) is 3. The minimum Gasteiger partial charge on any atom is -0.330 e. The maximum Gasteiger partial charge on any atom is 0.0850 e. The fourth-order valence-corrected chi connectivity index (χ4v) is 5.59. The third-order valence-electron chi connectivity index (χ3n) is 7.24. The molecule has 3 heteroatoms. The first-order valence-corrected chi connectivity index (χ1v) is 11.8. The van der Waals surface area contributed by atoms with Gasteiger partial charge in [0, 0.05) is 39.5 Å². The zero-order chi connectivity index (χ0) is 23.1. The minimum absolute atomic E-state index is 0.109. The Morgan fingerprint density at radius 2 is 1.59 bits per heavy atom. The number of aliphatic imine (C=N–C) groups is 1. The zero-order valence-electron chi connectivity index (χ0n) is 19.1. The Morgan fingerprint density at radius 1 is 0.912 bits per heavy atom. The number of fused-ring (bicyclic) bond motifs is 3. The lowest BCUT2D eigenvalue weighted by Gasteiger charge is -2.39. The van der Waals surface area contributed by atoms with Crippen LogP contribution >= 0.6 is 0 Å². The number of hydrogen-bond acceptors (Lipinski definition) is 2. The van der Waals surface area contributed by atoms with Gasteiger partial charge < -0.3 is 4.57 Å². The molecule has 0 saturated heterocycles. The normalized spacial score (nSPS) is 23.8. The zero-order valence-corrected chi connectivity index (χ0v) is 19.1. The molecule has 1 aromatic heterocycles. The second-order valence-corrected chi connectivity index (χ2v) is 9.24. The Morgan fingerprint density at radius 3 is 2.26 bits per heavy atom. The fraction of sp³-hybridized carbons (Fsp3) is 0.161. The summed E-state index contributed by atoms with van der Waals surface area (Å²) >= 11 is 0. The Balaban J connectivity index is 1.56. The number of nitriles is 1. The smallest absolute Gasteiger partial charge is 0.0850 e. The molecule has 0 amide bonds. The summed E-state index contributed by atoms with van der Waals surface area (Å²) in [5.74, 6) is -0.0333. The van der Waals surface area contributed by atoms with E-state index in [4.69, 9.17) is 0 Å². The van der Waals surface area contributed by atoms with Gasteiger partial charge in [-0.3, -0.25) is 4.99 Å². The first kappa shape index (κ1) is 20.4. The lowest BCUT2D eigenvalue weighted by atomic mass is 9.75. The predicted molar refractivity (Wildman–Crippen MR) is 141 cm³/mol. The van der Waals surface area contributed by atoms with Gasteiger partial charge >= 0.3 is 0 Å². The summed E-state index contributed by atoms with van der Waals surface area (Å²) in [4.78, 5) is 4.68. The Bertz CT molecular complexity index is 1520. The molecule has 34 heavy (non-hydrogen) atoms. The van der Waals surface area contributed by atoms with Crippen molar-refractivity contribution in [2.24, 2.45) is 10.9 Å². The average Bonchev–Trinajstić information content (AvgIpc) is 3.24. The van der Waals surface area contributed by atoms with E-state index in [0.29, 0.717) is 6.42 Å². The van der Waals surface area contributed by atoms with Crippen LogP contribution in [0.4, 0.5) is 0 Å². The molecule has 0 fully saturated rings. The van der Waals surface area contributed by atoms with Crippen molar-refractivity contribution in [3.05, 3.63) is 114 Å². The lowest BCUT2D eigenvalue weighted by molar-refractivity contribution is 0.387. The van der Waals surface area contributed by atoms with Crippen LogP contribution in [0.15, 0.2) is 108 Å². The van der Waals surface area contributed by atoms with Crippen molar-refractivity contribution in [1.29, 1.82) is 5.26 Å². The number of rotatable bonds is 3. The van der Waals surface area contributed by atoms with Gasteiger partial charge in [0.05, 0.1) is 23.2 Å². The molecule has 6 rings (SSSR count). The van der Waals surface area contributed by atoms with Crippen molar-refractivity contribution in [1.82, 2.24) is 4.57 Å². The third-order valence-corrected chi connectivity index (χ3v) is 7.24. The number of benzene rings is 3. The molecule has 0 spiro atoms. The SMILES string of the molecule is CC1(n2c3ccccc3c3ccccc32)C=CC=CC1c1ccccc1C1=CCC(C#N)C=N1. The Hall–Kier alpha value is -4.16. The van der Waals surface area contributed by atoms with Crippen LogP contribution in [-0.4, -0.2) is 10.8 Å². The standard InChI is InChI=1S/C31H25N3/c1-31(34-29-15-6-4-12-25(29)26-13-5-7-16-30(26)34)19-9-8-14-27(31)23-10-2-3-11-24(23)28-18-17-22(20-32)21-33-28/h2-16,18-19,21-22,27H,17H2,1H3. The van der Waals surface area contributed by atoms with Gasteiger partial charge in [0.15, 0.2) is 0 Å². The highest BCUT2D eigenvalue weighted by Gasteiger charge is 2.38. The van der Waals surface area contributed by atoms with E-state index in [-0.39, 0.29) is 17.4 Å². The van der Waals surface area contributed by atoms with Gasteiger partial charge in [-0.05, 0) is 31.0 Å². The van der Waals surface area contributed by atoms with Crippen molar-refractivity contribution in [2.45, 2.75) is 24.8 Å². The molecular formula is C31H25N3. The summed E-state index contributed by atoms with van der Waals surface area (Å²) < 4.78 is 2.50. The van der Waals surface area contributed by atoms with Crippen LogP contribution in [0.1, 0.15) is 30.4 Å². The molecular weight excluding hydrogens is 414 g/mol. The van der Waals surface area contributed by atoms with Crippen molar-refractivity contribution in [2.75, 3.05) is 0 Å². The van der Waals surface area contributed by atoms with Gasteiger partial charge in [-0.2, -0.15) is 5.26 Å². The molecule has 4 aromatic rings. The molecule has 2 aliphatic rings. The van der Waals surface area contributed by atoms with Crippen LogP contribution in [0.25, 0.3) is 27.5 Å². The minimum atomic E-state index is -0.318. The fourth-order valence-electron chi connectivity index (χ4n) is 5.59. The van der Waals surface area contributed by atoms with E-state index in [0.717, 1.165) is 11.3 Å². The van der Waals surface area contributed by atoms with Crippen molar-refractivity contribution in [3.63, 3.8) is 0 Å². The molecule has 3 nitrogen and oxygen atoms in total. The summed E-state index contributed by atoms with van der Waals surface area (Å²) in [5, 5.41) is 11.8. The topological polar surface area (TPSA) is 41.1 Å². The van der Waals surface area contributed by atoms with Crippen LogP contribution in [0.3, 0.4) is 0 Å². The third kappa shape index (κ3) is 3.07. The molecule has 1 aliphatic heterocycles. The summed E-state index contributed by atoms with van der Waals surface area (Å²) in [7, 11) is 0.